The smallest absolute Gasteiger partial charge is 0.229 e. The van der Waals surface area contributed by atoms with Gasteiger partial charge in [0.15, 0.2) is 0 Å². The number of halogens is 1. The number of carbonyl (C=O) groups excluding carboxylic acids is 2. The van der Waals surface area contributed by atoms with Crippen molar-refractivity contribution in [2.75, 3.05) is 46.4 Å². The Morgan fingerprint density at radius 1 is 0.927 bits per heavy atom. The van der Waals surface area contributed by atoms with Crippen LogP contribution in [0, 0.1) is 17.3 Å². The highest BCUT2D eigenvalue weighted by Crippen LogP contribution is 2.43. The normalized spacial score (nSPS) is 24.7. The van der Waals surface area contributed by atoms with Crippen LogP contribution in [0.15, 0.2) is 54.6 Å². The average molecular weight is 580 g/mol. The molecule has 2 aromatic carbocycles. The van der Waals surface area contributed by atoms with E-state index in [1.807, 2.05) is 12.1 Å². The Labute approximate surface area is 251 Å². The standard InChI is InChI=1S/C34H45N3O3.ClH/c1-40-30-13-11-27(12-14-30)22-36-20-17-34(33(36)39)15-18-35(19-16-34)23-29-24-37(32(38)21-26-7-5-6-8-26)25-31(29)28-9-3-2-4-10-28;/h2-4,9-14,26,29,31H,5-8,15-25H2,1H3;1H. The quantitative estimate of drug-likeness (QED) is 0.399. The molecule has 1 saturated carbocycles. The minimum absolute atomic E-state index is 0. The van der Waals surface area contributed by atoms with Crippen LogP contribution in [0.5, 0.6) is 5.75 Å². The largest absolute Gasteiger partial charge is 0.497 e. The number of piperidine rings is 1. The van der Waals surface area contributed by atoms with E-state index in [0.717, 1.165) is 76.3 Å². The Balaban J connectivity index is 0.00000337. The van der Waals surface area contributed by atoms with Crippen molar-refractivity contribution in [3.05, 3.63) is 65.7 Å². The molecule has 0 bridgehead atoms. The summed E-state index contributed by atoms with van der Waals surface area (Å²) in [6, 6.07) is 18.9. The molecule has 2 amide bonds. The summed E-state index contributed by atoms with van der Waals surface area (Å²) in [5.74, 6) is 2.97. The number of carbonyl (C=O) groups is 2. The highest BCUT2D eigenvalue weighted by molar-refractivity contribution is 5.85. The molecule has 2 aromatic rings. The first-order valence-electron chi connectivity index (χ1n) is 15.5. The lowest BCUT2D eigenvalue weighted by Gasteiger charge is -2.39. The lowest BCUT2D eigenvalue weighted by atomic mass is 9.76. The van der Waals surface area contributed by atoms with E-state index in [-0.39, 0.29) is 17.8 Å². The summed E-state index contributed by atoms with van der Waals surface area (Å²) < 4.78 is 5.28. The third-order valence-electron chi connectivity index (χ3n) is 10.4. The number of likely N-dealkylation sites (tertiary alicyclic amines) is 3. The van der Waals surface area contributed by atoms with Crippen LogP contribution in [-0.2, 0) is 16.1 Å². The van der Waals surface area contributed by atoms with Crippen LogP contribution in [0.2, 0.25) is 0 Å². The van der Waals surface area contributed by atoms with Crippen LogP contribution >= 0.6 is 12.4 Å². The van der Waals surface area contributed by atoms with Gasteiger partial charge in [-0.1, -0.05) is 55.3 Å². The zero-order chi connectivity index (χ0) is 27.5. The number of hydrogen-bond acceptors (Lipinski definition) is 4. The first kappa shape index (κ1) is 29.9. The summed E-state index contributed by atoms with van der Waals surface area (Å²) in [4.78, 5) is 33.7. The second-order valence-corrected chi connectivity index (χ2v) is 12.8. The first-order valence-corrected chi connectivity index (χ1v) is 15.5. The maximum Gasteiger partial charge on any atom is 0.229 e. The Hall–Kier alpha value is -2.57. The minimum atomic E-state index is -0.194. The van der Waals surface area contributed by atoms with Crippen molar-refractivity contribution >= 4 is 24.2 Å². The Kier molecular flexibility index (Phi) is 9.60. The number of amides is 2. The van der Waals surface area contributed by atoms with E-state index in [1.165, 1.54) is 31.2 Å². The van der Waals surface area contributed by atoms with Gasteiger partial charge in [-0.05, 0) is 80.3 Å². The molecule has 0 radical (unpaired) electrons. The fourth-order valence-corrected chi connectivity index (χ4v) is 7.88. The van der Waals surface area contributed by atoms with Gasteiger partial charge in [0.05, 0.1) is 12.5 Å². The molecule has 7 heteroatoms. The van der Waals surface area contributed by atoms with Crippen LogP contribution in [0.1, 0.15) is 68.4 Å². The summed E-state index contributed by atoms with van der Waals surface area (Å²) >= 11 is 0. The number of methoxy groups -OCH3 is 1. The molecule has 4 fully saturated rings. The van der Waals surface area contributed by atoms with Crippen LogP contribution in [0.25, 0.3) is 0 Å². The second-order valence-electron chi connectivity index (χ2n) is 12.8. The summed E-state index contributed by atoms with van der Waals surface area (Å²) in [5, 5.41) is 0. The molecule has 1 aliphatic carbocycles. The number of benzene rings is 2. The van der Waals surface area contributed by atoms with Gasteiger partial charge >= 0.3 is 0 Å². The van der Waals surface area contributed by atoms with Crippen LogP contribution < -0.4 is 4.74 Å². The van der Waals surface area contributed by atoms with E-state index >= 15 is 0 Å². The molecule has 4 aliphatic rings. The van der Waals surface area contributed by atoms with Gasteiger partial charge in [0.2, 0.25) is 11.8 Å². The molecule has 6 nitrogen and oxygen atoms in total. The SMILES string of the molecule is COc1ccc(CN2CCC3(CCN(CC4CN(C(=O)CC5CCCC5)CC4c4ccccc4)CC3)C2=O)cc1.Cl. The van der Waals surface area contributed by atoms with E-state index in [2.05, 4.69) is 57.2 Å². The third kappa shape index (κ3) is 6.59. The van der Waals surface area contributed by atoms with Crippen molar-refractivity contribution in [3.8, 4) is 5.75 Å². The molecule has 3 heterocycles. The highest BCUT2D eigenvalue weighted by Gasteiger charge is 2.48. The molecular weight excluding hydrogens is 534 g/mol. The second kappa shape index (κ2) is 13.2. The average Bonchev–Trinajstić information content (AvgIpc) is 3.72. The molecule has 222 valence electrons. The van der Waals surface area contributed by atoms with E-state index < -0.39 is 0 Å². The maximum absolute atomic E-state index is 13.6. The fraction of sp³-hybridized carbons (Fsp3) is 0.588. The predicted molar refractivity (Wildman–Crippen MR) is 164 cm³/mol. The lowest BCUT2D eigenvalue weighted by Crippen LogP contribution is -2.46. The van der Waals surface area contributed by atoms with E-state index in [0.29, 0.717) is 36.1 Å². The molecular formula is C34H46ClN3O3. The lowest BCUT2D eigenvalue weighted by molar-refractivity contribution is -0.139. The fourth-order valence-electron chi connectivity index (χ4n) is 7.88. The Morgan fingerprint density at radius 2 is 1.61 bits per heavy atom. The third-order valence-corrected chi connectivity index (χ3v) is 10.4. The van der Waals surface area contributed by atoms with Gasteiger partial charge in [0, 0.05) is 45.1 Å². The molecule has 41 heavy (non-hydrogen) atoms. The van der Waals surface area contributed by atoms with Gasteiger partial charge in [-0.2, -0.15) is 0 Å². The summed E-state index contributed by atoms with van der Waals surface area (Å²) in [6.07, 6.45) is 8.59. The number of hydrogen-bond donors (Lipinski definition) is 0. The minimum Gasteiger partial charge on any atom is -0.497 e. The van der Waals surface area contributed by atoms with Gasteiger partial charge in [-0.15, -0.1) is 12.4 Å². The number of nitrogens with zero attached hydrogens (tertiary/aromatic N) is 3. The highest BCUT2D eigenvalue weighted by atomic mass is 35.5. The molecule has 0 N–H and O–H groups in total. The molecule has 3 aliphatic heterocycles. The summed E-state index contributed by atoms with van der Waals surface area (Å²) in [5.41, 5.74) is 2.32. The topological polar surface area (TPSA) is 53.1 Å². The van der Waals surface area contributed by atoms with E-state index in [1.54, 1.807) is 7.11 Å². The van der Waals surface area contributed by atoms with Crippen molar-refractivity contribution < 1.29 is 14.3 Å². The summed E-state index contributed by atoms with van der Waals surface area (Å²) in [6.45, 7) is 6.18. The zero-order valence-electron chi connectivity index (χ0n) is 24.5. The Morgan fingerprint density at radius 3 is 2.29 bits per heavy atom. The zero-order valence-corrected chi connectivity index (χ0v) is 25.3. The maximum atomic E-state index is 13.6. The van der Waals surface area contributed by atoms with Gasteiger partial charge in [-0.25, -0.2) is 0 Å². The molecule has 3 saturated heterocycles. The van der Waals surface area contributed by atoms with Crippen molar-refractivity contribution in [3.63, 3.8) is 0 Å². The number of rotatable bonds is 8. The van der Waals surface area contributed by atoms with Crippen LogP contribution in [0.4, 0.5) is 0 Å². The number of ether oxygens (including phenoxy) is 1. The van der Waals surface area contributed by atoms with Gasteiger partial charge in [0.25, 0.3) is 0 Å². The van der Waals surface area contributed by atoms with Crippen molar-refractivity contribution in [1.82, 2.24) is 14.7 Å². The Bertz CT molecular complexity index is 1160. The summed E-state index contributed by atoms with van der Waals surface area (Å²) in [7, 11) is 1.68. The molecule has 0 aromatic heterocycles. The van der Waals surface area contributed by atoms with E-state index in [9.17, 15) is 9.59 Å². The first-order chi connectivity index (χ1) is 19.5. The molecule has 2 atom stereocenters. The van der Waals surface area contributed by atoms with Crippen LogP contribution in [-0.4, -0.2) is 72.9 Å². The van der Waals surface area contributed by atoms with E-state index in [4.69, 9.17) is 4.74 Å². The molecule has 1 spiro atoms. The predicted octanol–water partition coefficient (Wildman–Crippen LogP) is 5.75. The monoisotopic (exact) mass is 579 g/mol. The molecule has 6 rings (SSSR count). The van der Waals surface area contributed by atoms with Crippen molar-refractivity contribution in [2.45, 2.75) is 63.8 Å². The van der Waals surface area contributed by atoms with Crippen molar-refractivity contribution in [2.24, 2.45) is 17.3 Å². The van der Waals surface area contributed by atoms with Gasteiger partial charge in [0.1, 0.15) is 5.75 Å². The van der Waals surface area contributed by atoms with Crippen LogP contribution in [0.3, 0.4) is 0 Å². The molecule has 2 unspecified atom stereocenters. The van der Waals surface area contributed by atoms with Crippen molar-refractivity contribution in [1.29, 1.82) is 0 Å². The van der Waals surface area contributed by atoms with Gasteiger partial charge in [-0.3, -0.25) is 9.59 Å². The van der Waals surface area contributed by atoms with Gasteiger partial charge < -0.3 is 19.4 Å².